The summed E-state index contributed by atoms with van der Waals surface area (Å²) in [6.45, 7) is 3.71. The second-order valence-corrected chi connectivity index (χ2v) is 5.67. The van der Waals surface area contributed by atoms with Crippen LogP contribution in [-0.4, -0.2) is 4.92 Å². The average molecular weight is 298 g/mol. The number of nitrogens with zero attached hydrogens (tertiary/aromatic N) is 1. The molecule has 0 aliphatic heterocycles. The van der Waals surface area contributed by atoms with E-state index in [-0.39, 0.29) is 11.7 Å². The number of anilines is 1. The van der Waals surface area contributed by atoms with Gasteiger partial charge < -0.3 is 5.32 Å². The van der Waals surface area contributed by atoms with Crippen molar-refractivity contribution in [2.45, 2.75) is 19.9 Å². The number of nitrogens with one attached hydrogen (secondary N) is 1. The minimum atomic E-state index is -1.19. The highest BCUT2D eigenvalue weighted by Crippen LogP contribution is 2.33. The Morgan fingerprint density at radius 2 is 2.05 bits per heavy atom. The standard InChI is InChI=1S/C13H12F2N2O2S/c1-7-3-4-12(20-7)8(2)16-11-6-9(14)5-10(15)13(11)17(18)19/h3-6,8,16H,1-2H3. The van der Waals surface area contributed by atoms with Crippen molar-refractivity contribution >= 4 is 22.7 Å². The second-order valence-electron chi connectivity index (χ2n) is 4.36. The van der Waals surface area contributed by atoms with Crippen molar-refractivity contribution in [3.63, 3.8) is 0 Å². The lowest BCUT2D eigenvalue weighted by Gasteiger charge is -2.14. The van der Waals surface area contributed by atoms with Crippen LogP contribution >= 0.6 is 11.3 Å². The van der Waals surface area contributed by atoms with Gasteiger partial charge in [-0.2, -0.15) is 4.39 Å². The van der Waals surface area contributed by atoms with Crippen molar-refractivity contribution < 1.29 is 13.7 Å². The van der Waals surface area contributed by atoms with Gasteiger partial charge in [-0.25, -0.2) is 4.39 Å². The van der Waals surface area contributed by atoms with E-state index >= 15 is 0 Å². The maximum Gasteiger partial charge on any atom is 0.327 e. The number of hydrogen-bond acceptors (Lipinski definition) is 4. The Hall–Kier alpha value is -2.02. The van der Waals surface area contributed by atoms with Crippen LogP contribution in [0.5, 0.6) is 0 Å². The first-order chi connectivity index (χ1) is 9.38. The number of thiophene rings is 1. The molecule has 0 radical (unpaired) electrons. The third-order valence-corrected chi connectivity index (χ3v) is 3.95. The van der Waals surface area contributed by atoms with Gasteiger partial charge in [0.05, 0.1) is 11.0 Å². The lowest BCUT2D eigenvalue weighted by Crippen LogP contribution is -2.08. The van der Waals surface area contributed by atoms with Gasteiger partial charge in [0.1, 0.15) is 11.5 Å². The molecular formula is C13H12F2N2O2S. The van der Waals surface area contributed by atoms with Crippen LogP contribution in [0.25, 0.3) is 0 Å². The third kappa shape index (κ3) is 2.93. The van der Waals surface area contributed by atoms with E-state index in [1.165, 1.54) is 11.3 Å². The Labute approximate surface area is 118 Å². The van der Waals surface area contributed by atoms with Crippen molar-refractivity contribution in [1.82, 2.24) is 0 Å². The Morgan fingerprint density at radius 3 is 2.60 bits per heavy atom. The zero-order valence-corrected chi connectivity index (χ0v) is 11.6. The van der Waals surface area contributed by atoms with E-state index in [0.717, 1.165) is 15.8 Å². The maximum atomic E-state index is 13.5. The fraction of sp³-hybridized carbons (Fsp3) is 0.231. The summed E-state index contributed by atoms with van der Waals surface area (Å²) in [6.07, 6.45) is 0. The number of nitro benzene ring substituents is 1. The molecule has 0 spiro atoms. The Kier molecular flexibility index (Phi) is 3.99. The van der Waals surface area contributed by atoms with Crippen LogP contribution in [0, 0.1) is 28.7 Å². The second kappa shape index (κ2) is 5.54. The SMILES string of the molecule is Cc1ccc(C(C)Nc2cc(F)cc(F)c2[N+](=O)[O-])s1. The van der Waals surface area contributed by atoms with Gasteiger partial charge in [0.15, 0.2) is 0 Å². The van der Waals surface area contributed by atoms with E-state index < -0.39 is 22.2 Å². The number of aryl methyl sites for hydroxylation is 1. The lowest BCUT2D eigenvalue weighted by molar-refractivity contribution is -0.386. The van der Waals surface area contributed by atoms with Crippen LogP contribution < -0.4 is 5.32 Å². The number of rotatable bonds is 4. The van der Waals surface area contributed by atoms with Crippen molar-refractivity contribution in [3.8, 4) is 0 Å². The predicted molar refractivity (Wildman–Crippen MR) is 74.1 cm³/mol. The zero-order chi connectivity index (χ0) is 14.9. The van der Waals surface area contributed by atoms with E-state index in [2.05, 4.69) is 5.32 Å². The van der Waals surface area contributed by atoms with Crippen molar-refractivity contribution in [3.05, 3.63) is 55.8 Å². The molecule has 7 heteroatoms. The van der Waals surface area contributed by atoms with Crippen LogP contribution in [-0.2, 0) is 0 Å². The molecule has 4 nitrogen and oxygen atoms in total. The Balaban J connectivity index is 2.35. The van der Waals surface area contributed by atoms with Crippen molar-refractivity contribution in [1.29, 1.82) is 0 Å². The van der Waals surface area contributed by atoms with Gasteiger partial charge in [-0.05, 0) is 26.0 Å². The van der Waals surface area contributed by atoms with Crippen molar-refractivity contribution in [2.75, 3.05) is 5.32 Å². The van der Waals surface area contributed by atoms with Crippen LogP contribution in [0.15, 0.2) is 24.3 Å². The lowest BCUT2D eigenvalue weighted by atomic mass is 10.2. The molecule has 1 atom stereocenters. The highest BCUT2D eigenvalue weighted by atomic mass is 32.1. The molecule has 1 aromatic carbocycles. The monoisotopic (exact) mass is 298 g/mol. The fourth-order valence-corrected chi connectivity index (χ4v) is 2.73. The molecule has 20 heavy (non-hydrogen) atoms. The van der Waals surface area contributed by atoms with Crippen LogP contribution in [0.4, 0.5) is 20.2 Å². The summed E-state index contributed by atoms with van der Waals surface area (Å²) in [6, 6.07) is 4.94. The molecule has 1 heterocycles. The summed E-state index contributed by atoms with van der Waals surface area (Å²) < 4.78 is 26.7. The van der Waals surface area contributed by atoms with E-state index in [0.29, 0.717) is 6.07 Å². The molecule has 106 valence electrons. The number of benzene rings is 1. The summed E-state index contributed by atoms with van der Waals surface area (Å²) >= 11 is 1.52. The largest absolute Gasteiger partial charge is 0.372 e. The molecule has 1 aromatic heterocycles. The van der Waals surface area contributed by atoms with Crippen LogP contribution in [0.1, 0.15) is 22.7 Å². The molecule has 0 amide bonds. The number of halogens is 2. The minimum Gasteiger partial charge on any atom is -0.372 e. The Morgan fingerprint density at radius 1 is 1.35 bits per heavy atom. The van der Waals surface area contributed by atoms with Crippen molar-refractivity contribution in [2.24, 2.45) is 0 Å². The maximum absolute atomic E-state index is 13.5. The molecule has 1 unspecified atom stereocenters. The summed E-state index contributed by atoms with van der Waals surface area (Å²) in [7, 11) is 0. The molecule has 0 aliphatic carbocycles. The van der Waals surface area contributed by atoms with Gasteiger partial charge in [0.2, 0.25) is 5.82 Å². The number of nitro groups is 1. The van der Waals surface area contributed by atoms with Gasteiger partial charge >= 0.3 is 5.69 Å². The summed E-state index contributed by atoms with van der Waals surface area (Å²) in [4.78, 5) is 12.0. The van der Waals surface area contributed by atoms with Gasteiger partial charge in [0.25, 0.3) is 0 Å². The molecule has 0 saturated heterocycles. The first-order valence-corrected chi connectivity index (χ1v) is 6.66. The minimum absolute atomic E-state index is 0.161. The third-order valence-electron chi connectivity index (χ3n) is 2.77. The normalized spacial score (nSPS) is 12.2. The van der Waals surface area contributed by atoms with E-state index in [9.17, 15) is 18.9 Å². The molecule has 2 aromatic rings. The molecule has 0 fully saturated rings. The predicted octanol–water partition coefficient (Wildman–Crippen LogP) is 4.42. The highest BCUT2D eigenvalue weighted by molar-refractivity contribution is 7.12. The smallest absolute Gasteiger partial charge is 0.327 e. The first kappa shape index (κ1) is 14.4. The van der Waals surface area contributed by atoms with Gasteiger partial charge in [0, 0.05) is 21.9 Å². The van der Waals surface area contributed by atoms with Crippen LogP contribution in [0.2, 0.25) is 0 Å². The van der Waals surface area contributed by atoms with Crippen LogP contribution in [0.3, 0.4) is 0 Å². The molecule has 0 saturated carbocycles. The van der Waals surface area contributed by atoms with E-state index in [1.54, 1.807) is 6.92 Å². The molecule has 0 aliphatic rings. The average Bonchev–Trinajstić information content (AvgIpc) is 2.74. The zero-order valence-electron chi connectivity index (χ0n) is 10.8. The molecule has 0 bridgehead atoms. The summed E-state index contributed by atoms with van der Waals surface area (Å²) in [5.41, 5.74) is -0.905. The van der Waals surface area contributed by atoms with E-state index in [4.69, 9.17) is 0 Å². The summed E-state index contributed by atoms with van der Waals surface area (Å²) in [5, 5.41) is 13.7. The quantitative estimate of drug-likeness (QED) is 0.671. The van der Waals surface area contributed by atoms with Gasteiger partial charge in [-0.1, -0.05) is 0 Å². The van der Waals surface area contributed by atoms with Gasteiger partial charge in [-0.15, -0.1) is 11.3 Å². The molecule has 2 rings (SSSR count). The summed E-state index contributed by atoms with van der Waals surface area (Å²) in [5.74, 6) is -2.04. The first-order valence-electron chi connectivity index (χ1n) is 5.85. The van der Waals surface area contributed by atoms with Gasteiger partial charge in [-0.3, -0.25) is 10.1 Å². The van der Waals surface area contributed by atoms with E-state index in [1.807, 2.05) is 19.1 Å². The highest BCUT2D eigenvalue weighted by Gasteiger charge is 2.23. The topological polar surface area (TPSA) is 55.2 Å². The molecular weight excluding hydrogens is 286 g/mol. The molecule has 1 N–H and O–H groups in total. The fourth-order valence-electron chi connectivity index (χ4n) is 1.85. The Bertz CT molecular complexity index is 658. The number of hydrogen-bond donors (Lipinski definition) is 1.